The number of carbonyl (C=O) groups is 1. The van der Waals surface area contributed by atoms with Crippen molar-refractivity contribution < 1.29 is 4.79 Å². The first-order valence-corrected chi connectivity index (χ1v) is 5.24. The summed E-state index contributed by atoms with van der Waals surface area (Å²) < 4.78 is 0. The SMILES string of the molecule is CCC(=O)Nc1nnc(C2CC2)s1. The lowest BCUT2D eigenvalue weighted by molar-refractivity contribution is -0.115. The molecule has 0 atom stereocenters. The third kappa shape index (κ3) is 2.03. The van der Waals surface area contributed by atoms with Crippen LogP contribution in [0.3, 0.4) is 0 Å². The van der Waals surface area contributed by atoms with E-state index in [9.17, 15) is 4.79 Å². The number of nitrogens with zero attached hydrogens (tertiary/aromatic N) is 2. The van der Waals surface area contributed by atoms with Crippen LogP contribution in [0.2, 0.25) is 0 Å². The Hall–Kier alpha value is -0.970. The van der Waals surface area contributed by atoms with Crippen molar-refractivity contribution >= 4 is 22.4 Å². The van der Waals surface area contributed by atoms with E-state index in [0.29, 0.717) is 17.5 Å². The maximum atomic E-state index is 11.0. The van der Waals surface area contributed by atoms with Crippen LogP contribution >= 0.6 is 11.3 Å². The van der Waals surface area contributed by atoms with Crippen molar-refractivity contribution in [1.82, 2.24) is 10.2 Å². The summed E-state index contributed by atoms with van der Waals surface area (Å²) in [5.41, 5.74) is 0. The number of carbonyl (C=O) groups excluding carboxylic acids is 1. The van der Waals surface area contributed by atoms with Crippen molar-refractivity contribution in [1.29, 1.82) is 0 Å². The molecule has 1 aliphatic rings. The lowest BCUT2D eigenvalue weighted by atomic mass is 10.5. The second kappa shape index (κ2) is 3.41. The molecule has 1 fully saturated rings. The quantitative estimate of drug-likeness (QED) is 0.803. The fourth-order valence-corrected chi connectivity index (χ4v) is 1.92. The van der Waals surface area contributed by atoms with Crippen LogP contribution in [-0.4, -0.2) is 16.1 Å². The van der Waals surface area contributed by atoms with Crippen molar-refractivity contribution in [2.75, 3.05) is 5.32 Å². The van der Waals surface area contributed by atoms with Crippen molar-refractivity contribution in [2.45, 2.75) is 32.1 Å². The van der Waals surface area contributed by atoms with E-state index in [4.69, 9.17) is 0 Å². The maximum absolute atomic E-state index is 11.0. The number of anilines is 1. The van der Waals surface area contributed by atoms with E-state index >= 15 is 0 Å². The molecule has 1 heterocycles. The monoisotopic (exact) mass is 197 g/mol. The zero-order valence-electron chi connectivity index (χ0n) is 7.41. The van der Waals surface area contributed by atoms with Crippen molar-refractivity contribution in [3.05, 3.63) is 5.01 Å². The normalized spacial score (nSPS) is 15.8. The Morgan fingerprint density at radius 3 is 3.00 bits per heavy atom. The molecule has 1 aromatic heterocycles. The number of aromatic nitrogens is 2. The summed E-state index contributed by atoms with van der Waals surface area (Å²) in [7, 11) is 0. The third-order valence-corrected chi connectivity index (χ3v) is 2.94. The van der Waals surface area contributed by atoms with Gasteiger partial charge in [-0.05, 0) is 12.8 Å². The highest BCUT2D eigenvalue weighted by Gasteiger charge is 2.27. The predicted molar refractivity (Wildman–Crippen MR) is 50.8 cm³/mol. The summed E-state index contributed by atoms with van der Waals surface area (Å²) in [5.74, 6) is 0.614. The Morgan fingerprint density at radius 1 is 1.62 bits per heavy atom. The summed E-state index contributed by atoms with van der Waals surface area (Å²) in [6, 6.07) is 0. The molecule has 0 bridgehead atoms. The lowest BCUT2D eigenvalue weighted by Gasteiger charge is -1.94. The van der Waals surface area contributed by atoms with E-state index in [2.05, 4.69) is 15.5 Å². The van der Waals surface area contributed by atoms with Gasteiger partial charge in [0.2, 0.25) is 11.0 Å². The minimum atomic E-state index is -0.00139. The molecule has 1 amide bonds. The van der Waals surface area contributed by atoms with E-state index in [-0.39, 0.29) is 5.91 Å². The van der Waals surface area contributed by atoms with Gasteiger partial charge in [0.1, 0.15) is 5.01 Å². The van der Waals surface area contributed by atoms with Crippen molar-refractivity contribution in [3.8, 4) is 0 Å². The Kier molecular flexibility index (Phi) is 2.26. The summed E-state index contributed by atoms with van der Waals surface area (Å²) in [6.45, 7) is 1.82. The van der Waals surface area contributed by atoms with Gasteiger partial charge in [-0.25, -0.2) is 0 Å². The van der Waals surface area contributed by atoms with Gasteiger partial charge in [-0.15, -0.1) is 10.2 Å². The van der Waals surface area contributed by atoms with Gasteiger partial charge in [0.15, 0.2) is 0 Å². The molecule has 0 spiro atoms. The predicted octanol–water partition coefficient (Wildman–Crippen LogP) is 1.76. The van der Waals surface area contributed by atoms with Crippen molar-refractivity contribution in [3.63, 3.8) is 0 Å². The summed E-state index contributed by atoms with van der Waals surface area (Å²) >= 11 is 1.49. The van der Waals surface area contributed by atoms with Crippen LogP contribution in [0.25, 0.3) is 0 Å². The zero-order chi connectivity index (χ0) is 9.26. The molecule has 0 aromatic carbocycles. The smallest absolute Gasteiger partial charge is 0.225 e. The molecule has 0 radical (unpaired) electrons. The van der Waals surface area contributed by atoms with E-state index in [1.807, 2.05) is 6.92 Å². The van der Waals surface area contributed by atoms with Gasteiger partial charge in [-0.1, -0.05) is 18.3 Å². The van der Waals surface area contributed by atoms with E-state index < -0.39 is 0 Å². The van der Waals surface area contributed by atoms with Gasteiger partial charge >= 0.3 is 0 Å². The molecule has 1 saturated carbocycles. The number of rotatable bonds is 3. The molecule has 4 nitrogen and oxygen atoms in total. The lowest BCUT2D eigenvalue weighted by Crippen LogP contribution is -2.08. The van der Waals surface area contributed by atoms with Crippen LogP contribution in [-0.2, 0) is 4.79 Å². The van der Waals surface area contributed by atoms with Gasteiger partial charge in [-0.3, -0.25) is 4.79 Å². The summed E-state index contributed by atoms with van der Waals surface area (Å²) in [6.07, 6.45) is 2.92. The van der Waals surface area contributed by atoms with Crippen LogP contribution in [0.15, 0.2) is 0 Å². The average Bonchev–Trinajstić information content (AvgIpc) is 2.88. The fourth-order valence-electron chi connectivity index (χ4n) is 0.988. The minimum Gasteiger partial charge on any atom is -0.301 e. The van der Waals surface area contributed by atoms with Gasteiger partial charge < -0.3 is 5.32 Å². The Bertz CT molecular complexity index is 319. The summed E-state index contributed by atoms with van der Waals surface area (Å²) in [4.78, 5) is 11.0. The zero-order valence-corrected chi connectivity index (χ0v) is 8.23. The average molecular weight is 197 g/mol. The first-order valence-electron chi connectivity index (χ1n) is 4.43. The largest absolute Gasteiger partial charge is 0.301 e. The molecule has 2 rings (SSSR count). The van der Waals surface area contributed by atoms with Crippen LogP contribution in [0.1, 0.15) is 37.1 Å². The molecule has 0 saturated heterocycles. The Morgan fingerprint density at radius 2 is 2.38 bits per heavy atom. The summed E-state index contributed by atoms with van der Waals surface area (Å²) in [5, 5.41) is 12.3. The molecule has 70 valence electrons. The number of hydrogen-bond acceptors (Lipinski definition) is 4. The van der Waals surface area contributed by atoms with E-state index in [0.717, 1.165) is 5.01 Å². The van der Waals surface area contributed by atoms with Crippen LogP contribution in [0.4, 0.5) is 5.13 Å². The minimum absolute atomic E-state index is 0.00139. The number of amides is 1. The highest BCUT2D eigenvalue weighted by molar-refractivity contribution is 7.15. The molecule has 0 aliphatic heterocycles. The van der Waals surface area contributed by atoms with E-state index in [1.54, 1.807) is 0 Å². The first-order chi connectivity index (χ1) is 6.29. The van der Waals surface area contributed by atoms with Crippen LogP contribution in [0.5, 0.6) is 0 Å². The molecule has 0 unspecified atom stereocenters. The highest BCUT2D eigenvalue weighted by atomic mass is 32.1. The van der Waals surface area contributed by atoms with Gasteiger partial charge in [0.05, 0.1) is 0 Å². The van der Waals surface area contributed by atoms with Crippen LogP contribution < -0.4 is 5.32 Å². The second-order valence-corrected chi connectivity index (χ2v) is 4.13. The van der Waals surface area contributed by atoms with Gasteiger partial charge in [-0.2, -0.15) is 0 Å². The highest BCUT2D eigenvalue weighted by Crippen LogP contribution is 2.41. The number of nitrogens with one attached hydrogen (secondary N) is 1. The van der Waals surface area contributed by atoms with Gasteiger partial charge in [0.25, 0.3) is 0 Å². The number of hydrogen-bond donors (Lipinski definition) is 1. The molecule has 5 heteroatoms. The van der Waals surface area contributed by atoms with Gasteiger partial charge in [0, 0.05) is 12.3 Å². The van der Waals surface area contributed by atoms with E-state index in [1.165, 1.54) is 24.2 Å². The topological polar surface area (TPSA) is 54.9 Å². The molecule has 1 aliphatic carbocycles. The fraction of sp³-hybridized carbons (Fsp3) is 0.625. The second-order valence-electron chi connectivity index (χ2n) is 3.12. The maximum Gasteiger partial charge on any atom is 0.225 e. The standard InChI is InChI=1S/C8H11N3OS/c1-2-6(12)9-8-11-10-7(13-8)5-3-4-5/h5H,2-4H2,1H3,(H,9,11,12). The molecule has 13 heavy (non-hydrogen) atoms. The molecule has 1 N–H and O–H groups in total. The Labute approximate surface area is 80.4 Å². The molecular weight excluding hydrogens is 186 g/mol. The first kappa shape index (κ1) is 8.62. The third-order valence-electron chi connectivity index (χ3n) is 1.93. The molecule has 1 aromatic rings. The van der Waals surface area contributed by atoms with Crippen LogP contribution in [0, 0.1) is 0 Å². The van der Waals surface area contributed by atoms with Crippen molar-refractivity contribution in [2.24, 2.45) is 0 Å². The molecular formula is C8H11N3OS. The Balaban J connectivity index is 2.00.